The van der Waals surface area contributed by atoms with Gasteiger partial charge >= 0.3 is 5.97 Å². The number of anilines is 2. The molecule has 7 nitrogen and oxygen atoms in total. The van der Waals surface area contributed by atoms with E-state index in [1.807, 2.05) is 12.1 Å². The van der Waals surface area contributed by atoms with Gasteiger partial charge in [0.1, 0.15) is 11.5 Å². The minimum Gasteiger partial charge on any atom is -0.469 e. The lowest BCUT2D eigenvalue weighted by molar-refractivity contribution is -0.140. The molecule has 0 radical (unpaired) electrons. The highest BCUT2D eigenvalue weighted by atomic mass is 35.5. The summed E-state index contributed by atoms with van der Waals surface area (Å²) in [4.78, 5) is 22.5. The Bertz CT molecular complexity index is 917. The lowest BCUT2D eigenvalue weighted by Gasteiger charge is -2.40. The van der Waals surface area contributed by atoms with Gasteiger partial charge in [-0.15, -0.1) is 0 Å². The van der Waals surface area contributed by atoms with E-state index in [0.717, 1.165) is 51.1 Å². The first kappa shape index (κ1) is 23.6. The molecule has 0 unspecified atom stereocenters. The number of carbonyl (C=O) groups is 1. The van der Waals surface area contributed by atoms with Crippen LogP contribution < -0.4 is 16.0 Å². The van der Waals surface area contributed by atoms with Gasteiger partial charge in [0, 0.05) is 30.6 Å². The Hall–Kier alpha value is -2.09. The molecular weight excluding hydrogens is 437 g/mol. The fourth-order valence-corrected chi connectivity index (χ4v) is 4.12. The molecular formula is C22H29Cl2N5O2. The summed E-state index contributed by atoms with van der Waals surface area (Å²) in [6.45, 7) is 4.85. The van der Waals surface area contributed by atoms with E-state index in [0.29, 0.717) is 33.5 Å². The van der Waals surface area contributed by atoms with Crippen molar-refractivity contribution >= 4 is 40.8 Å². The Morgan fingerprint density at radius 1 is 1.29 bits per heavy atom. The molecule has 3 rings (SSSR count). The minimum atomic E-state index is -0.149. The number of ether oxygens (including phenoxy) is 1. The molecule has 1 aromatic carbocycles. The van der Waals surface area contributed by atoms with Gasteiger partial charge in [-0.25, -0.2) is 9.97 Å². The van der Waals surface area contributed by atoms with E-state index in [9.17, 15) is 4.79 Å². The number of nitrogens with one attached hydrogen (secondary N) is 1. The molecule has 0 bridgehead atoms. The number of halogens is 2. The number of piperidine rings is 1. The van der Waals surface area contributed by atoms with E-state index >= 15 is 0 Å². The molecule has 0 spiro atoms. The third kappa shape index (κ3) is 5.99. The number of benzene rings is 1. The third-order valence-corrected chi connectivity index (χ3v) is 6.59. The normalized spacial score (nSPS) is 15.7. The first-order chi connectivity index (χ1) is 14.8. The van der Waals surface area contributed by atoms with Crippen LogP contribution in [0.15, 0.2) is 24.4 Å². The Morgan fingerprint density at radius 3 is 2.71 bits per heavy atom. The van der Waals surface area contributed by atoms with E-state index in [4.69, 9.17) is 28.9 Å². The van der Waals surface area contributed by atoms with Crippen molar-refractivity contribution < 1.29 is 9.53 Å². The van der Waals surface area contributed by atoms with Crippen LogP contribution in [0.5, 0.6) is 0 Å². The number of nitrogens with two attached hydrogens (primary N) is 1. The number of nitrogen functional groups attached to an aromatic ring is 1. The Labute approximate surface area is 193 Å². The van der Waals surface area contributed by atoms with Crippen LogP contribution in [0, 0.1) is 0 Å². The largest absolute Gasteiger partial charge is 0.469 e. The zero-order valence-electron chi connectivity index (χ0n) is 18.0. The van der Waals surface area contributed by atoms with Crippen LogP contribution in [0.4, 0.5) is 11.6 Å². The second-order valence-corrected chi connectivity index (χ2v) is 8.86. The van der Waals surface area contributed by atoms with E-state index in [2.05, 4.69) is 31.8 Å². The standard InChI is InChI=1S/C22H29Cl2N5O2/c1-22(27-11-4-3-8-18(30)31-2)9-12-29(13-10-22)17-14-26-20(21(25)28-17)15-6-5-7-16(23)19(15)24/h5-7,14,27H,3-4,8-13H2,1-2H3,(H2,25,28). The molecule has 1 fully saturated rings. The fourth-order valence-electron chi connectivity index (χ4n) is 3.73. The van der Waals surface area contributed by atoms with Crippen LogP contribution in [0.2, 0.25) is 10.0 Å². The number of methoxy groups -OCH3 is 1. The number of carbonyl (C=O) groups excluding carboxylic acids is 1. The van der Waals surface area contributed by atoms with Crippen molar-refractivity contribution in [3.8, 4) is 11.3 Å². The second kappa shape index (κ2) is 10.5. The van der Waals surface area contributed by atoms with Crippen molar-refractivity contribution in [2.45, 2.75) is 44.6 Å². The van der Waals surface area contributed by atoms with Crippen LogP contribution in [0.25, 0.3) is 11.3 Å². The van der Waals surface area contributed by atoms with Crippen LogP contribution in [0.3, 0.4) is 0 Å². The second-order valence-electron chi connectivity index (χ2n) is 8.07. The van der Waals surface area contributed by atoms with Crippen molar-refractivity contribution in [1.29, 1.82) is 0 Å². The Kier molecular flexibility index (Phi) is 7.97. The highest BCUT2D eigenvalue weighted by Crippen LogP contribution is 2.35. The summed E-state index contributed by atoms with van der Waals surface area (Å²) in [6, 6.07) is 5.37. The summed E-state index contributed by atoms with van der Waals surface area (Å²) in [5.41, 5.74) is 7.48. The smallest absolute Gasteiger partial charge is 0.305 e. The molecule has 0 saturated carbocycles. The van der Waals surface area contributed by atoms with E-state index < -0.39 is 0 Å². The monoisotopic (exact) mass is 465 g/mol. The number of rotatable bonds is 8. The summed E-state index contributed by atoms with van der Waals surface area (Å²) in [5, 5.41) is 4.53. The molecule has 1 aliphatic heterocycles. The average molecular weight is 466 g/mol. The van der Waals surface area contributed by atoms with Crippen LogP contribution in [-0.2, 0) is 9.53 Å². The molecule has 0 atom stereocenters. The van der Waals surface area contributed by atoms with Gasteiger partial charge in [0.15, 0.2) is 5.82 Å². The van der Waals surface area contributed by atoms with Crippen molar-refractivity contribution in [2.24, 2.45) is 0 Å². The maximum absolute atomic E-state index is 11.2. The van der Waals surface area contributed by atoms with Crippen LogP contribution in [-0.4, -0.2) is 48.2 Å². The molecule has 0 aliphatic carbocycles. The topological polar surface area (TPSA) is 93.4 Å². The molecule has 1 aromatic heterocycles. The van der Waals surface area contributed by atoms with Crippen molar-refractivity contribution in [2.75, 3.05) is 37.4 Å². The molecule has 1 aliphatic rings. The van der Waals surface area contributed by atoms with Crippen molar-refractivity contribution in [3.63, 3.8) is 0 Å². The van der Waals surface area contributed by atoms with Gasteiger partial charge in [-0.3, -0.25) is 4.79 Å². The maximum atomic E-state index is 11.2. The van der Waals surface area contributed by atoms with Gasteiger partial charge < -0.3 is 20.7 Å². The predicted molar refractivity (Wildman–Crippen MR) is 126 cm³/mol. The summed E-state index contributed by atoms with van der Waals surface area (Å²) in [5.74, 6) is 0.946. The van der Waals surface area contributed by atoms with E-state index in [1.165, 1.54) is 7.11 Å². The summed E-state index contributed by atoms with van der Waals surface area (Å²) < 4.78 is 4.68. The molecule has 2 heterocycles. The van der Waals surface area contributed by atoms with Crippen molar-refractivity contribution in [3.05, 3.63) is 34.4 Å². The first-order valence-electron chi connectivity index (χ1n) is 10.5. The predicted octanol–water partition coefficient (Wildman–Crippen LogP) is 4.32. The number of aromatic nitrogens is 2. The maximum Gasteiger partial charge on any atom is 0.305 e. The number of hydrogen-bond acceptors (Lipinski definition) is 7. The number of unbranched alkanes of at least 4 members (excludes halogenated alkanes) is 1. The van der Waals surface area contributed by atoms with E-state index in [1.54, 1.807) is 12.3 Å². The molecule has 2 aromatic rings. The van der Waals surface area contributed by atoms with Gasteiger partial charge in [-0.05, 0) is 45.2 Å². The third-order valence-electron chi connectivity index (χ3n) is 5.77. The summed E-state index contributed by atoms with van der Waals surface area (Å²) in [6.07, 6.45) is 5.95. The summed E-state index contributed by atoms with van der Waals surface area (Å²) in [7, 11) is 1.42. The van der Waals surface area contributed by atoms with Crippen LogP contribution >= 0.6 is 23.2 Å². The quantitative estimate of drug-likeness (QED) is 0.442. The molecule has 9 heteroatoms. The molecule has 31 heavy (non-hydrogen) atoms. The lowest BCUT2D eigenvalue weighted by Crippen LogP contribution is -2.51. The van der Waals surface area contributed by atoms with E-state index in [-0.39, 0.29) is 11.5 Å². The molecule has 3 N–H and O–H groups in total. The average Bonchev–Trinajstić information content (AvgIpc) is 2.76. The van der Waals surface area contributed by atoms with Gasteiger partial charge in [-0.2, -0.15) is 0 Å². The highest BCUT2D eigenvalue weighted by Gasteiger charge is 2.30. The minimum absolute atomic E-state index is 0.0645. The fraction of sp³-hybridized carbons (Fsp3) is 0.500. The zero-order chi connectivity index (χ0) is 22.4. The number of esters is 1. The van der Waals surface area contributed by atoms with Gasteiger partial charge in [0.05, 0.1) is 23.4 Å². The molecule has 168 valence electrons. The molecule has 0 amide bonds. The zero-order valence-corrected chi connectivity index (χ0v) is 19.5. The lowest BCUT2D eigenvalue weighted by atomic mass is 9.89. The summed E-state index contributed by atoms with van der Waals surface area (Å²) >= 11 is 12.4. The molecule has 1 saturated heterocycles. The Balaban J connectivity index is 1.55. The van der Waals surface area contributed by atoms with Gasteiger partial charge in [-0.1, -0.05) is 35.3 Å². The van der Waals surface area contributed by atoms with Crippen LogP contribution in [0.1, 0.15) is 39.0 Å². The van der Waals surface area contributed by atoms with Gasteiger partial charge in [0.2, 0.25) is 0 Å². The highest BCUT2D eigenvalue weighted by molar-refractivity contribution is 6.43. The number of nitrogens with zero attached hydrogens (tertiary/aromatic N) is 3. The Morgan fingerprint density at radius 2 is 2.03 bits per heavy atom. The van der Waals surface area contributed by atoms with Gasteiger partial charge in [0.25, 0.3) is 0 Å². The number of hydrogen-bond donors (Lipinski definition) is 2. The first-order valence-corrected chi connectivity index (χ1v) is 11.2. The van der Waals surface area contributed by atoms with Crippen molar-refractivity contribution in [1.82, 2.24) is 15.3 Å². The SMILES string of the molecule is COC(=O)CCCCNC1(C)CCN(c2cnc(-c3cccc(Cl)c3Cl)c(N)n2)CC1.